The van der Waals surface area contributed by atoms with Crippen molar-refractivity contribution in [1.82, 2.24) is 0 Å². The second kappa shape index (κ2) is 6.45. The summed E-state index contributed by atoms with van der Waals surface area (Å²) in [6.45, 7) is 15.9. The molecule has 0 saturated heterocycles. The standard InChI is InChI=1S/C19H34O2S/c1-14-12-15(2)17(16(20)13-14)19(6,7)10-11-21-22(8,9)18(3,4)5/h12-13,20H,10-11H2,1-9H3. The first-order valence-corrected chi connectivity index (χ1v) is 10.3. The van der Waals surface area contributed by atoms with Crippen LogP contribution in [-0.4, -0.2) is 29.0 Å². The monoisotopic (exact) mass is 326 g/mol. The van der Waals surface area contributed by atoms with E-state index in [1.165, 1.54) is 0 Å². The van der Waals surface area contributed by atoms with Crippen molar-refractivity contribution in [3.8, 4) is 5.75 Å². The molecule has 0 aliphatic heterocycles. The molecule has 1 rings (SSSR count). The SMILES string of the molecule is Cc1cc(C)c(C(C)(C)CCOS(C)(C)C(C)(C)C)c(O)c1. The van der Waals surface area contributed by atoms with E-state index in [4.69, 9.17) is 4.18 Å². The van der Waals surface area contributed by atoms with Crippen LogP contribution in [0, 0.1) is 13.8 Å². The van der Waals surface area contributed by atoms with E-state index in [9.17, 15) is 5.11 Å². The first-order valence-electron chi connectivity index (χ1n) is 7.96. The van der Waals surface area contributed by atoms with E-state index in [2.05, 4.69) is 60.1 Å². The highest BCUT2D eigenvalue weighted by molar-refractivity contribution is 8.29. The van der Waals surface area contributed by atoms with Crippen LogP contribution in [0.15, 0.2) is 12.1 Å². The predicted octanol–water partition coefficient (Wildman–Crippen LogP) is 5.47. The number of phenolic OH excluding ortho intramolecular Hbond substituents is 1. The highest BCUT2D eigenvalue weighted by Gasteiger charge is 2.31. The van der Waals surface area contributed by atoms with E-state index in [1.807, 2.05) is 13.0 Å². The molecular formula is C19H34O2S. The van der Waals surface area contributed by atoms with Gasteiger partial charge in [-0.05, 0) is 55.4 Å². The molecule has 128 valence electrons. The number of hydrogen-bond acceptors (Lipinski definition) is 2. The van der Waals surface area contributed by atoms with Gasteiger partial charge in [-0.15, -0.1) is 10.3 Å². The molecule has 1 N–H and O–H groups in total. The Morgan fingerprint density at radius 1 is 1.05 bits per heavy atom. The molecule has 0 amide bonds. The van der Waals surface area contributed by atoms with Gasteiger partial charge in [-0.1, -0.05) is 40.7 Å². The number of benzene rings is 1. The lowest BCUT2D eigenvalue weighted by molar-refractivity contribution is 0.291. The van der Waals surface area contributed by atoms with Crippen LogP contribution in [0.1, 0.15) is 57.7 Å². The number of aromatic hydroxyl groups is 1. The molecule has 0 radical (unpaired) electrons. The van der Waals surface area contributed by atoms with E-state index < -0.39 is 10.3 Å². The van der Waals surface area contributed by atoms with E-state index >= 15 is 0 Å². The summed E-state index contributed by atoms with van der Waals surface area (Å²) in [5, 5.41) is 10.4. The van der Waals surface area contributed by atoms with Crippen LogP contribution in [0.4, 0.5) is 0 Å². The Morgan fingerprint density at radius 2 is 1.59 bits per heavy atom. The molecule has 0 unspecified atom stereocenters. The van der Waals surface area contributed by atoms with Crippen molar-refractivity contribution in [3.05, 3.63) is 28.8 Å². The minimum Gasteiger partial charge on any atom is -0.508 e. The molecule has 0 aliphatic carbocycles. The molecule has 22 heavy (non-hydrogen) atoms. The molecule has 0 bridgehead atoms. The zero-order valence-electron chi connectivity index (χ0n) is 15.8. The van der Waals surface area contributed by atoms with Gasteiger partial charge in [0.1, 0.15) is 5.75 Å². The molecule has 2 nitrogen and oxygen atoms in total. The molecule has 0 heterocycles. The average Bonchev–Trinajstić information content (AvgIpc) is 2.23. The summed E-state index contributed by atoms with van der Waals surface area (Å²) >= 11 is 0. The summed E-state index contributed by atoms with van der Waals surface area (Å²) in [7, 11) is -1.09. The summed E-state index contributed by atoms with van der Waals surface area (Å²) in [5.74, 6) is 0.407. The second-order valence-corrected chi connectivity index (χ2v) is 12.2. The van der Waals surface area contributed by atoms with Crippen LogP contribution in [0.25, 0.3) is 0 Å². The van der Waals surface area contributed by atoms with Crippen LogP contribution >= 0.6 is 10.3 Å². The molecular weight excluding hydrogens is 292 g/mol. The molecule has 0 aliphatic rings. The third-order valence-electron chi connectivity index (χ3n) is 4.72. The molecule has 3 heteroatoms. The zero-order chi connectivity index (χ0) is 17.3. The lowest BCUT2D eigenvalue weighted by Gasteiger charge is -2.44. The van der Waals surface area contributed by atoms with Gasteiger partial charge in [0.15, 0.2) is 0 Å². The maximum atomic E-state index is 10.4. The number of hydrogen-bond donors (Lipinski definition) is 1. The van der Waals surface area contributed by atoms with E-state index in [1.54, 1.807) is 0 Å². The van der Waals surface area contributed by atoms with Gasteiger partial charge >= 0.3 is 0 Å². The molecule has 1 aromatic carbocycles. The third-order valence-corrected chi connectivity index (χ3v) is 8.42. The van der Waals surface area contributed by atoms with Crippen LogP contribution in [0.5, 0.6) is 5.75 Å². The third kappa shape index (κ3) is 4.42. The smallest absolute Gasteiger partial charge is 0.119 e. The Balaban J connectivity index is 2.86. The molecule has 0 aromatic heterocycles. The average molecular weight is 327 g/mol. The lowest BCUT2D eigenvalue weighted by atomic mass is 9.78. The maximum Gasteiger partial charge on any atom is 0.119 e. The highest BCUT2D eigenvalue weighted by atomic mass is 32.3. The fourth-order valence-electron chi connectivity index (χ4n) is 2.63. The van der Waals surface area contributed by atoms with E-state index in [0.29, 0.717) is 5.75 Å². The predicted molar refractivity (Wildman–Crippen MR) is 100 cm³/mol. The molecule has 0 atom stereocenters. The molecule has 0 spiro atoms. The Hall–Kier alpha value is -0.670. The van der Waals surface area contributed by atoms with Crippen LogP contribution in [0.3, 0.4) is 0 Å². The lowest BCUT2D eigenvalue weighted by Crippen LogP contribution is -2.27. The van der Waals surface area contributed by atoms with Gasteiger partial charge in [-0.3, -0.25) is 0 Å². The Bertz CT molecular complexity index is 502. The summed E-state index contributed by atoms with van der Waals surface area (Å²) < 4.78 is 6.44. The van der Waals surface area contributed by atoms with Crippen molar-refractivity contribution in [2.45, 2.75) is 65.0 Å². The number of rotatable bonds is 5. The number of aryl methyl sites for hydroxylation is 2. The summed E-state index contributed by atoms with van der Waals surface area (Å²) in [6.07, 6.45) is 5.36. The second-order valence-electron chi connectivity index (χ2n) is 8.28. The van der Waals surface area contributed by atoms with Crippen molar-refractivity contribution in [3.63, 3.8) is 0 Å². The largest absolute Gasteiger partial charge is 0.508 e. The van der Waals surface area contributed by atoms with E-state index in [0.717, 1.165) is 29.7 Å². The zero-order valence-corrected chi connectivity index (χ0v) is 16.6. The van der Waals surface area contributed by atoms with Crippen molar-refractivity contribution in [2.75, 3.05) is 19.1 Å². The molecule has 0 saturated carbocycles. The Kier molecular flexibility index (Phi) is 5.68. The minimum atomic E-state index is -1.09. The van der Waals surface area contributed by atoms with E-state index in [-0.39, 0.29) is 10.2 Å². The fourth-order valence-corrected chi connectivity index (χ4v) is 3.49. The van der Waals surface area contributed by atoms with Gasteiger partial charge in [0.25, 0.3) is 0 Å². The van der Waals surface area contributed by atoms with Gasteiger partial charge in [0, 0.05) is 10.3 Å². The van der Waals surface area contributed by atoms with Gasteiger partial charge < -0.3 is 9.29 Å². The topological polar surface area (TPSA) is 29.5 Å². The molecule has 1 aromatic rings. The summed E-state index contributed by atoms with van der Waals surface area (Å²) in [5.41, 5.74) is 3.20. The maximum absolute atomic E-state index is 10.4. The van der Waals surface area contributed by atoms with Crippen molar-refractivity contribution < 1.29 is 9.29 Å². The first kappa shape index (κ1) is 19.4. The Labute approximate surface area is 138 Å². The van der Waals surface area contributed by atoms with Crippen molar-refractivity contribution in [2.24, 2.45) is 0 Å². The van der Waals surface area contributed by atoms with Gasteiger partial charge in [0.05, 0.1) is 6.61 Å². The van der Waals surface area contributed by atoms with Crippen LogP contribution in [0.2, 0.25) is 0 Å². The van der Waals surface area contributed by atoms with Crippen molar-refractivity contribution in [1.29, 1.82) is 0 Å². The fraction of sp³-hybridized carbons (Fsp3) is 0.684. The minimum absolute atomic E-state index is 0.102. The normalized spacial score (nSPS) is 14.2. The summed E-state index contributed by atoms with van der Waals surface area (Å²) in [4.78, 5) is 0. The van der Waals surface area contributed by atoms with Crippen LogP contribution < -0.4 is 0 Å². The summed E-state index contributed by atoms with van der Waals surface area (Å²) in [6, 6.07) is 4.00. The first-order chi connectivity index (χ1) is 9.78. The molecule has 0 fully saturated rings. The van der Waals surface area contributed by atoms with Gasteiger partial charge in [-0.2, -0.15) is 0 Å². The van der Waals surface area contributed by atoms with Gasteiger partial charge in [-0.25, -0.2) is 0 Å². The van der Waals surface area contributed by atoms with Crippen molar-refractivity contribution >= 4 is 10.3 Å². The Morgan fingerprint density at radius 3 is 2.05 bits per heavy atom. The quantitative estimate of drug-likeness (QED) is 0.777. The number of phenols is 1. The van der Waals surface area contributed by atoms with Gasteiger partial charge in [0.2, 0.25) is 0 Å². The highest BCUT2D eigenvalue weighted by Crippen LogP contribution is 2.54. The van der Waals surface area contributed by atoms with Crippen LogP contribution in [-0.2, 0) is 9.60 Å².